The van der Waals surface area contributed by atoms with Crippen molar-refractivity contribution in [2.24, 2.45) is 5.41 Å². The van der Waals surface area contributed by atoms with Crippen molar-refractivity contribution in [1.82, 2.24) is 10.6 Å². The molecule has 0 aromatic heterocycles. The Labute approximate surface area is 126 Å². The number of nitrogens with one attached hydrogen (secondary N) is 2. The fraction of sp³-hybridized carbons (Fsp3) is 0.833. The second-order valence-corrected chi connectivity index (χ2v) is 6.91. The maximum absolute atomic E-state index is 11.9. The van der Waals surface area contributed by atoms with Crippen LogP contribution in [0.1, 0.15) is 33.6 Å². The van der Waals surface area contributed by atoms with Crippen molar-refractivity contribution in [3.63, 3.8) is 0 Å². The van der Waals surface area contributed by atoms with Gasteiger partial charge in [0.1, 0.15) is 0 Å². The number of urea groups is 1. The number of thioether (sulfide) groups is 1. The number of aliphatic carboxylic acids is 1. The monoisotopic (exact) mass is 330 g/mol. The lowest BCUT2D eigenvalue weighted by Crippen LogP contribution is -2.45. The number of carboxylic acid groups (broad SMARTS) is 1. The molecule has 5 nitrogen and oxygen atoms in total. The van der Waals surface area contributed by atoms with Crippen LogP contribution in [0.5, 0.6) is 0 Å². The van der Waals surface area contributed by atoms with E-state index in [1.165, 1.54) is 0 Å². The Kier molecular flexibility index (Phi) is 7.91. The van der Waals surface area contributed by atoms with Crippen LogP contribution in [0, 0.1) is 5.41 Å². The molecule has 0 aliphatic carbocycles. The van der Waals surface area contributed by atoms with E-state index in [4.69, 9.17) is 5.11 Å². The molecule has 0 rings (SSSR count). The van der Waals surface area contributed by atoms with Gasteiger partial charge in [-0.05, 0) is 23.6 Å². The minimum atomic E-state index is -4.32. The summed E-state index contributed by atoms with van der Waals surface area (Å²) in [5.41, 5.74) is -4.50. The molecule has 0 fully saturated rings. The molecule has 9 heteroatoms. The molecule has 0 radical (unpaired) electrons. The van der Waals surface area contributed by atoms with Gasteiger partial charge in [0, 0.05) is 18.3 Å². The van der Waals surface area contributed by atoms with Crippen molar-refractivity contribution in [1.29, 1.82) is 0 Å². The molecule has 2 amide bonds. The number of carbonyl (C=O) groups is 2. The van der Waals surface area contributed by atoms with Crippen LogP contribution in [0.3, 0.4) is 0 Å². The third kappa shape index (κ3) is 13.6. The van der Waals surface area contributed by atoms with Gasteiger partial charge in [-0.2, -0.15) is 13.2 Å². The Balaban J connectivity index is 4.18. The Bertz CT molecular complexity index is 357. The van der Waals surface area contributed by atoms with Crippen molar-refractivity contribution in [2.45, 2.75) is 45.2 Å². The standard InChI is InChI=1S/C12H21F3N2O3S/c1-11(2,3)7-8(6-9(18)19)17-10(20)16-4-5-21-12(13,14)15/h8H,4-7H2,1-3H3,(H,18,19)(H2,16,17,20). The third-order valence-corrected chi connectivity index (χ3v) is 3.00. The number of alkyl halides is 3. The fourth-order valence-electron chi connectivity index (χ4n) is 1.69. The summed E-state index contributed by atoms with van der Waals surface area (Å²) in [6, 6.07) is -1.23. The summed E-state index contributed by atoms with van der Waals surface area (Å²) < 4.78 is 35.7. The SMILES string of the molecule is CC(C)(C)CC(CC(=O)O)NC(=O)NCCSC(F)(F)F. The highest BCUT2D eigenvalue weighted by molar-refractivity contribution is 8.00. The fourth-order valence-corrected chi connectivity index (χ4v) is 2.13. The summed E-state index contributed by atoms with van der Waals surface area (Å²) in [6.07, 6.45) is 0.214. The van der Waals surface area contributed by atoms with Gasteiger partial charge < -0.3 is 15.7 Å². The first-order valence-corrected chi connectivity index (χ1v) is 7.34. The second kappa shape index (κ2) is 8.35. The first-order valence-electron chi connectivity index (χ1n) is 6.36. The molecular weight excluding hydrogens is 309 g/mol. The van der Waals surface area contributed by atoms with Crippen molar-refractivity contribution in [3.05, 3.63) is 0 Å². The highest BCUT2D eigenvalue weighted by Crippen LogP contribution is 2.29. The molecule has 0 aliphatic heterocycles. The normalized spacial score (nSPS) is 13.6. The highest BCUT2D eigenvalue weighted by atomic mass is 32.2. The number of hydrogen-bond acceptors (Lipinski definition) is 3. The summed E-state index contributed by atoms with van der Waals surface area (Å²) in [5.74, 6) is -1.34. The predicted octanol–water partition coefficient (Wildman–Crippen LogP) is 2.82. The zero-order valence-corrected chi connectivity index (χ0v) is 13.0. The smallest absolute Gasteiger partial charge is 0.441 e. The van der Waals surface area contributed by atoms with Crippen LogP contribution in [-0.2, 0) is 4.79 Å². The van der Waals surface area contributed by atoms with E-state index in [0.29, 0.717) is 6.42 Å². The van der Waals surface area contributed by atoms with Crippen molar-refractivity contribution < 1.29 is 27.9 Å². The minimum absolute atomic E-state index is 0.148. The van der Waals surface area contributed by atoms with E-state index in [0.717, 1.165) is 0 Å². The van der Waals surface area contributed by atoms with Gasteiger partial charge in [0.05, 0.1) is 6.42 Å². The van der Waals surface area contributed by atoms with Crippen LogP contribution in [0.4, 0.5) is 18.0 Å². The molecule has 0 aliphatic rings. The van der Waals surface area contributed by atoms with Gasteiger partial charge in [-0.1, -0.05) is 20.8 Å². The lowest BCUT2D eigenvalue weighted by atomic mass is 9.87. The molecular formula is C12H21F3N2O3S. The summed E-state index contributed by atoms with van der Waals surface area (Å²) in [5, 5.41) is 13.6. The Morgan fingerprint density at radius 3 is 2.24 bits per heavy atom. The molecule has 0 bridgehead atoms. The lowest BCUT2D eigenvalue weighted by molar-refractivity contribution is -0.137. The molecule has 0 saturated carbocycles. The van der Waals surface area contributed by atoms with Gasteiger partial charge in [0.25, 0.3) is 0 Å². The van der Waals surface area contributed by atoms with Crippen molar-refractivity contribution in [2.75, 3.05) is 12.3 Å². The molecule has 0 aromatic carbocycles. The molecule has 1 unspecified atom stereocenters. The largest absolute Gasteiger partial charge is 0.481 e. The van der Waals surface area contributed by atoms with Gasteiger partial charge in [0.2, 0.25) is 0 Å². The molecule has 0 heterocycles. The molecule has 1 atom stereocenters. The number of halogens is 3. The molecule has 0 saturated heterocycles. The van der Waals surface area contributed by atoms with E-state index >= 15 is 0 Å². The molecule has 0 aromatic rings. The average molecular weight is 330 g/mol. The molecule has 124 valence electrons. The number of amides is 2. The van der Waals surface area contributed by atoms with Gasteiger partial charge in [0.15, 0.2) is 0 Å². The lowest BCUT2D eigenvalue weighted by Gasteiger charge is -2.25. The second-order valence-electron chi connectivity index (χ2n) is 5.75. The maximum Gasteiger partial charge on any atom is 0.441 e. The summed E-state index contributed by atoms with van der Waals surface area (Å²) >= 11 is -0.222. The first-order chi connectivity index (χ1) is 9.39. The Morgan fingerprint density at radius 2 is 1.81 bits per heavy atom. The zero-order valence-electron chi connectivity index (χ0n) is 12.2. The summed E-state index contributed by atoms with van der Waals surface area (Å²) in [7, 11) is 0. The van der Waals surface area contributed by atoms with Gasteiger partial charge in [-0.3, -0.25) is 4.79 Å². The van der Waals surface area contributed by atoms with Crippen LogP contribution >= 0.6 is 11.8 Å². The predicted molar refractivity (Wildman–Crippen MR) is 75.2 cm³/mol. The van der Waals surface area contributed by atoms with E-state index in [1.54, 1.807) is 0 Å². The Hall–Kier alpha value is -1.12. The number of rotatable bonds is 7. The maximum atomic E-state index is 11.9. The topological polar surface area (TPSA) is 78.4 Å². The van der Waals surface area contributed by atoms with Gasteiger partial charge >= 0.3 is 17.5 Å². The average Bonchev–Trinajstić information content (AvgIpc) is 2.19. The summed E-state index contributed by atoms with van der Waals surface area (Å²) in [4.78, 5) is 22.3. The van der Waals surface area contributed by atoms with Crippen molar-refractivity contribution in [3.8, 4) is 0 Å². The van der Waals surface area contributed by atoms with Crippen molar-refractivity contribution >= 4 is 23.8 Å². The van der Waals surface area contributed by atoms with E-state index in [9.17, 15) is 22.8 Å². The van der Waals surface area contributed by atoms with E-state index < -0.39 is 23.6 Å². The number of hydrogen-bond donors (Lipinski definition) is 3. The van der Waals surface area contributed by atoms with Gasteiger partial charge in [-0.25, -0.2) is 4.79 Å². The molecule has 3 N–H and O–H groups in total. The van der Waals surface area contributed by atoms with E-state index in [2.05, 4.69) is 10.6 Å². The zero-order chi connectivity index (χ0) is 16.7. The summed E-state index contributed by atoms with van der Waals surface area (Å²) in [6.45, 7) is 5.57. The van der Waals surface area contributed by atoms with Crippen LogP contribution in [0.25, 0.3) is 0 Å². The Morgan fingerprint density at radius 1 is 1.24 bits per heavy atom. The quantitative estimate of drug-likeness (QED) is 0.627. The molecule has 21 heavy (non-hydrogen) atoms. The van der Waals surface area contributed by atoms with Crippen LogP contribution in [0.2, 0.25) is 0 Å². The van der Waals surface area contributed by atoms with Crippen LogP contribution < -0.4 is 10.6 Å². The van der Waals surface area contributed by atoms with Gasteiger partial charge in [-0.15, -0.1) is 0 Å². The minimum Gasteiger partial charge on any atom is -0.481 e. The van der Waals surface area contributed by atoms with E-state index in [-0.39, 0.29) is 35.9 Å². The number of carboxylic acids is 1. The van der Waals surface area contributed by atoms with Crippen LogP contribution in [0.15, 0.2) is 0 Å². The first kappa shape index (κ1) is 19.9. The number of carbonyl (C=O) groups excluding carboxylic acids is 1. The third-order valence-electron chi connectivity index (χ3n) is 2.27. The highest BCUT2D eigenvalue weighted by Gasteiger charge is 2.27. The van der Waals surface area contributed by atoms with E-state index in [1.807, 2.05) is 20.8 Å². The molecule has 0 spiro atoms. The van der Waals surface area contributed by atoms with Crippen LogP contribution in [-0.4, -0.2) is 41.0 Å².